The SMILES string of the molecule is CC(=O)OC[C@H]1O[C@@H](OS(=O)(=O)CC(=O)NCc2ccccc2)[C@H](OC(C)=O)[C@@H](OC(C)=O)[C@@H]1OC(C)=O. The van der Waals surface area contributed by atoms with Crippen LogP contribution in [0.5, 0.6) is 0 Å². The average Bonchev–Trinajstić information content (AvgIpc) is 2.79. The molecule has 1 N–H and O–H groups in total. The Hall–Kier alpha value is -3.56. The van der Waals surface area contributed by atoms with Crippen molar-refractivity contribution in [1.29, 1.82) is 0 Å². The fourth-order valence-electron chi connectivity index (χ4n) is 3.45. The van der Waals surface area contributed by atoms with E-state index in [1.165, 1.54) is 0 Å². The molecule has 1 aliphatic heterocycles. The van der Waals surface area contributed by atoms with Gasteiger partial charge in [-0.05, 0) is 5.56 Å². The molecule has 2 rings (SSSR count). The molecule has 0 aliphatic carbocycles. The number of hydrogen-bond acceptors (Lipinski definition) is 13. The summed E-state index contributed by atoms with van der Waals surface area (Å²) in [5.41, 5.74) is 0.721. The van der Waals surface area contributed by atoms with E-state index in [0.29, 0.717) is 0 Å². The lowest BCUT2D eigenvalue weighted by Gasteiger charge is -2.43. The Balaban J connectivity index is 2.30. The van der Waals surface area contributed by atoms with Crippen molar-refractivity contribution in [2.45, 2.75) is 64.9 Å². The third kappa shape index (κ3) is 10.1. The van der Waals surface area contributed by atoms with Crippen molar-refractivity contribution in [3.05, 3.63) is 35.9 Å². The molecule has 1 aromatic rings. The van der Waals surface area contributed by atoms with Gasteiger partial charge in [0.05, 0.1) is 0 Å². The maximum Gasteiger partial charge on any atom is 0.303 e. The lowest BCUT2D eigenvalue weighted by molar-refractivity contribution is -0.287. The molecule has 0 unspecified atom stereocenters. The first kappa shape index (κ1) is 30.7. The van der Waals surface area contributed by atoms with Crippen LogP contribution in [0.1, 0.15) is 33.3 Å². The Morgan fingerprint density at radius 1 is 0.816 bits per heavy atom. The number of rotatable bonds is 11. The van der Waals surface area contributed by atoms with E-state index >= 15 is 0 Å². The van der Waals surface area contributed by atoms with Crippen molar-refractivity contribution in [2.24, 2.45) is 0 Å². The smallest absolute Gasteiger partial charge is 0.303 e. The monoisotopic (exact) mass is 559 g/mol. The topological polar surface area (TPSA) is 187 Å². The fourth-order valence-corrected chi connectivity index (χ4v) is 4.39. The molecular formula is C23H29NO13S. The molecule has 1 fully saturated rings. The highest BCUT2D eigenvalue weighted by atomic mass is 32.2. The van der Waals surface area contributed by atoms with Crippen LogP contribution in [0.25, 0.3) is 0 Å². The highest BCUT2D eigenvalue weighted by Gasteiger charge is 2.54. The van der Waals surface area contributed by atoms with Crippen LogP contribution in [-0.4, -0.2) is 81.3 Å². The van der Waals surface area contributed by atoms with Crippen molar-refractivity contribution in [2.75, 3.05) is 12.4 Å². The molecule has 0 radical (unpaired) electrons. The molecule has 210 valence electrons. The first-order valence-corrected chi connectivity index (χ1v) is 12.9. The van der Waals surface area contributed by atoms with Crippen LogP contribution < -0.4 is 5.32 Å². The van der Waals surface area contributed by atoms with Crippen LogP contribution in [0.15, 0.2) is 30.3 Å². The second kappa shape index (κ2) is 13.8. The van der Waals surface area contributed by atoms with Gasteiger partial charge < -0.3 is 29.0 Å². The zero-order valence-corrected chi connectivity index (χ0v) is 21.9. The van der Waals surface area contributed by atoms with Crippen molar-refractivity contribution < 1.29 is 60.3 Å². The third-order valence-electron chi connectivity index (χ3n) is 4.83. The number of benzene rings is 1. The summed E-state index contributed by atoms with van der Waals surface area (Å²) in [5, 5.41) is 2.43. The number of ether oxygens (including phenoxy) is 5. The zero-order chi connectivity index (χ0) is 28.5. The van der Waals surface area contributed by atoms with Crippen molar-refractivity contribution in [1.82, 2.24) is 5.32 Å². The Morgan fingerprint density at radius 3 is 1.92 bits per heavy atom. The van der Waals surface area contributed by atoms with E-state index in [1.54, 1.807) is 30.3 Å². The normalized spacial score (nSPS) is 23.0. The minimum Gasteiger partial charge on any atom is -0.463 e. The predicted molar refractivity (Wildman–Crippen MR) is 125 cm³/mol. The third-order valence-corrected chi connectivity index (χ3v) is 5.93. The van der Waals surface area contributed by atoms with Crippen LogP contribution in [-0.2, 0) is 68.5 Å². The first-order chi connectivity index (χ1) is 17.8. The summed E-state index contributed by atoms with van der Waals surface area (Å²) in [6.07, 6.45) is -8.25. The summed E-state index contributed by atoms with van der Waals surface area (Å²) >= 11 is 0. The van der Waals surface area contributed by atoms with Crippen molar-refractivity contribution in [3.63, 3.8) is 0 Å². The highest BCUT2D eigenvalue weighted by Crippen LogP contribution is 2.30. The van der Waals surface area contributed by atoms with Gasteiger partial charge in [0.1, 0.15) is 12.7 Å². The number of carbonyl (C=O) groups excluding carboxylic acids is 5. The van der Waals surface area contributed by atoms with Gasteiger partial charge in [0.25, 0.3) is 10.1 Å². The number of esters is 4. The molecule has 14 nitrogen and oxygen atoms in total. The molecule has 1 heterocycles. The molecule has 0 spiro atoms. The number of nitrogens with one attached hydrogen (secondary N) is 1. The van der Waals surface area contributed by atoms with Crippen LogP contribution in [0.3, 0.4) is 0 Å². The average molecular weight is 560 g/mol. The fraction of sp³-hybridized carbons (Fsp3) is 0.522. The molecule has 1 amide bonds. The standard InChI is InChI=1S/C23H29NO13S/c1-13(25)32-11-18-20(33-14(2)26)21(34-15(3)27)22(35-16(4)28)23(36-18)37-38(30,31)12-19(29)24-10-17-8-6-5-7-9-17/h5-9,18,20-23H,10-12H2,1-4H3,(H,24,29)/t18-,20-,21+,22-,23+/m1/s1. The van der Waals surface area contributed by atoms with Crippen molar-refractivity contribution >= 4 is 39.9 Å². The molecule has 38 heavy (non-hydrogen) atoms. The summed E-state index contributed by atoms with van der Waals surface area (Å²) in [6.45, 7) is 3.59. The Bertz CT molecular complexity index is 1120. The summed E-state index contributed by atoms with van der Waals surface area (Å²) in [7, 11) is -4.68. The van der Waals surface area contributed by atoms with E-state index in [4.69, 9.17) is 27.9 Å². The van der Waals surface area contributed by atoms with E-state index in [1.807, 2.05) is 0 Å². The minimum atomic E-state index is -4.68. The summed E-state index contributed by atoms with van der Waals surface area (Å²) in [6, 6.07) is 8.71. The molecule has 1 aliphatic rings. The molecule has 15 heteroatoms. The first-order valence-electron chi connectivity index (χ1n) is 11.3. The van der Waals surface area contributed by atoms with Gasteiger partial charge in [0.15, 0.2) is 24.1 Å². The number of amides is 1. The van der Waals surface area contributed by atoms with E-state index < -0.39 is 83.0 Å². The maximum absolute atomic E-state index is 12.7. The van der Waals surface area contributed by atoms with Gasteiger partial charge in [-0.25, -0.2) is 4.18 Å². The lowest BCUT2D eigenvalue weighted by Crippen LogP contribution is -2.63. The molecule has 0 saturated carbocycles. The van der Waals surface area contributed by atoms with Gasteiger partial charge in [-0.15, -0.1) is 0 Å². The van der Waals surface area contributed by atoms with Crippen LogP contribution in [0.2, 0.25) is 0 Å². The summed E-state index contributed by atoms with van der Waals surface area (Å²) in [4.78, 5) is 59.0. The van der Waals surface area contributed by atoms with Gasteiger partial charge in [-0.3, -0.25) is 24.0 Å². The zero-order valence-electron chi connectivity index (χ0n) is 21.1. The van der Waals surface area contributed by atoms with Gasteiger partial charge in [-0.2, -0.15) is 8.42 Å². The van der Waals surface area contributed by atoms with Crippen LogP contribution in [0, 0.1) is 0 Å². The molecular weight excluding hydrogens is 530 g/mol. The van der Waals surface area contributed by atoms with Crippen molar-refractivity contribution in [3.8, 4) is 0 Å². The maximum atomic E-state index is 12.7. The molecule has 0 aromatic heterocycles. The number of carbonyl (C=O) groups is 5. The molecule has 0 bridgehead atoms. The second-order valence-corrected chi connectivity index (χ2v) is 9.72. The molecule has 5 atom stereocenters. The minimum absolute atomic E-state index is 0.0498. The van der Waals surface area contributed by atoms with Gasteiger partial charge in [-0.1, -0.05) is 30.3 Å². The van der Waals surface area contributed by atoms with Gasteiger partial charge in [0.2, 0.25) is 12.2 Å². The van der Waals surface area contributed by atoms with E-state index in [0.717, 1.165) is 33.3 Å². The van der Waals surface area contributed by atoms with Gasteiger partial charge >= 0.3 is 23.9 Å². The largest absolute Gasteiger partial charge is 0.463 e. The highest BCUT2D eigenvalue weighted by molar-refractivity contribution is 7.87. The summed E-state index contributed by atoms with van der Waals surface area (Å²) < 4.78 is 56.5. The van der Waals surface area contributed by atoms with Crippen LogP contribution >= 0.6 is 0 Å². The quantitative estimate of drug-likeness (QED) is 0.212. The molecule has 1 aromatic carbocycles. The number of hydrogen-bond donors (Lipinski definition) is 1. The van der Waals surface area contributed by atoms with E-state index in [2.05, 4.69) is 5.32 Å². The van der Waals surface area contributed by atoms with Gasteiger partial charge in [0, 0.05) is 34.2 Å². The Labute approximate surface area is 219 Å². The second-order valence-electron chi connectivity index (χ2n) is 8.13. The van der Waals surface area contributed by atoms with E-state index in [9.17, 15) is 32.4 Å². The van der Waals surface area contributed by atoms with E-state index in [-0.39, 0.29) is 6.54 Å². The Morgan fingerprint density at radius 2 is 1.37 bits per heavy atom. The molecule has 1 saturated heterocycles. The predicted octanol–water partition coefficient (Wildman–Crippen LogP) is -0.268. The lowest BCUT2D eigenvalue weighted by atomic mass is 9.98. The van der Waals surface area contributed by atoms with Crippen LogP contribution in [0.4, 0.5) is 0 Å². The summed E-state index contributed by atoms with van der Waals surface area (Å²) in [5.74, 6) is -5.48. The Kier molecular flexibility index (Phi) is 11.2.